The van der Waals surface area contributed by atoms with Gasteiger partial charge in [0, 0.05) is 20.4 Å². The van der Waals surface area contributed by atoms with Crippen LogP contribution >= 0.6 is 0 Å². The van der Waals surface area contributed by atoms with Gasteiger partial charge < -0.3 is 9.47 Å². The molecule has 4 heteroatoms. The molecule has 0 aliphatic rings. The van der Waals surface area contributed by atoms with Crippen LogP contribution in [0.1, 0.15) is 6.92 Å². The molecule has 0 aliphatic carbocycles. The van der Waals surface area contributed by atoms with E-state index in [1.807, 2.05) is 0 Å². The predicted molar refractivity (Wildman–Crippen MR) is 40.5 cm³/mol. The zero-order chi connectivity index (χ0) is 7.82. The van der Waals surface area contributed by atoms with Crippen LogP contribution in [0, 0.1) is 0 Å². The summed E-state index contributed by atoms with van der Waals surface area (Å²) < 4.78 is 9.60. The van der Waals surface area contributed by atoms with Gasteiger partial charge in [-0.05, 0) is 6.92 Å². The van der Waals surface area contributed by atoms with Crippen molar-refractivity contribution in [2.75, 3.05) is 14.2 Å². The van der Waals surface area contributed by atoms with Gasteiger partial charge in [0.05, 0.1) is 6.21 Å². The summed E-state index contributed by atoms with van der Waals surface area (Å²) in [5.74, 6) is 0. The quantitative estimate of drug-likeness (QED) is 0.331. The molecule has 0 aliphatic heterocycles. The Morgan fingerprint density at radius 2 is 1.80 bits per heavy atom. The van der Waals surface area contributed by atoms with Crippen LogP contribution in [0.25, 0.3) is 0 Å². The second-order valence-corrected chi connectivity index (χ2v) is 1.48. The summed E-state index contributed by atoms with van der Waals surface area (Å²) in [4.78, 5) is 0. The Balaban J connectivity index is 3.60. The maximum absolute atomic E-state index is 4.80. The molecule has 0 aromatic rings. The van der Waals surface area contributed by atoms with Crippen LogP contribution in [0.3, 0.4) is 0 Å². The fourth-order valence-corrected chi connectivity index (χ4v) is 0.378. The van der Waals surface area contributed by atoms with Gasteiger partial charge in [0.25, 0.3) is 0 Å². The first kappa shape index (κ1) is 9.26. The van der Waals surface area contributed by atoms with Crippen molar-refractivity contribution in [3.63, 3.8) is 0 Å². The van der Waals surface area contributed by atoms with E-state index in [1.54, 1.807) is 13.1 Å². The highest BCUT2D eigenvalue weighted by Gasteiger charge is 1.96. The Morgan fingerprint density at radius 1 is 1.20 bits per heavy atom. The predicted octanol–water partition coefficient (Wildman–Crippen LogP) is 0.682. The van der Waals surface area contributed by atoms with Gasteiger partial charge in [-0.1, -0.05) is 0 Å². The van der Waals surface area contributed by atoms with Crippen molar-refractivity contribution in [2.24, 2.45) is 10.2 Å². The average molecular weight is 144 g/mol. The summed E-state index contributed by atoms with van der Waals surface area (Å²) >= 11 is 0. The summed E-state index contributed by atoms with van der Waals surface area (Å²) in [6.07, 6.45) is 2.66. The molecule has 0 unspecified atom stereocenters. The maximum atomic E-state index is 4.80. The number of rotatable bonds is 4. The highest BCUT2D eigenvalue weighted by atomic mass is 16.7. The summed E-state index contributed by atoms with van der Waals surface area (Å²) in [7, 11) is 3.08. The first-order chi connectivity index (χ1) is 4.85. The molecule has 0 saturated carbocycles. The Morgan fingerprint density at radius 3 is 2.20 bits per heavy atom. The zero-order valence-electron chi connectivity index (χ0n) is 6.44. The van der Waals surface area contributed by atoms with Gasteiger partial charge in [-0.15, -0.1) is 0 Å². The van der Waals surface area contributed by atoms with Crippen molar-refractivity contribution in [1.82, 2.24) is 0 Å². The topological polar surface area (TPSA) is 43.2 Å². The molecular formula is C6H12N2O2. The van der Waals surface area contributed by atoms with E-state index in [2.05, 4.69) is 10.2 Å². The van der Waals surface area contributed by atoms with Gasteiger partial charge in [0.2, 0.25) is 0 Å². The molecule has 0 fully saturated rings. The number of hydrogen-bond donors (Lipinski definition) is 0. The van der Waals surface area contributed by atoms with Crippen LogP contribution in [0.5, 0.6) is 0 Å². The summed E-state index contributed by atoms with van der Waals surface area (Å²) in [6.45, 7) is 1.78. The van der Waals surface area contributed by atoms with Crippen LogP contribution < -0.4 is 0 Å². The van der Waals surface area contributed by atoms with Crippen molar-refractivity contribution in [1.29, 1.82) is 0 Å². The third-order valence-corrected chi connectivity index (χ3v) is 0.835. The average Bonchev–Trinajstić information content (AvgIpc) is 1.99. The first-order valence-corrected chi connectivity index (χ1v) is 2.91. The molecule has 58 valence electrons. The molecule has 0 rings (SSSR count). The van der Waals surface area contributed by atoms with Crippen LogP contribution in [-0.2, 0) is 9.47 Å². The van der Waals surface area contributed by atoms with Crippen molar-refractivity contribution < 1.29 is 9.47 Å². The van der Waals surface area contributed by atoms with Gasteiger partial charge in [-0.25, -0.2) is 0 Å². The van der Waals surface area contributed by atoms with Crippen molar-refractivity contribution in [3.05, 3.63) is 0 Å². The minimum Gasteiger partial charge on any atom is -0.351 e. The zero-order valence-corrected chi connectivity index (χ0v) is 6.44. The number of nitrogens with zero attached hydrogens (tertiary/aromatic N) is 2. The van der Waals surface area contributed by atoms with Gasteiger partial charge in [-0.3, -0.25) is 0 Å². The van der Waals surface area contributed by atoms with Crippen LogP contribution in [0.2, 0.25) is 0 Å². The third kappa shape index (κ3) is 4.17. The molecule has 0 heterocycles. The molecule has 0 spiro atoms. The first-order valence-electron chi connectivity index (χ1n) is 2.91. The lowest BCUT2D eigenvalue weighted by molar-refractivity contribution is -0.0485. The molecule has 0 aromatic carbocycles. The normalized spacial score (nSPS) is 12.4. The molecule has 0 atom stereocenters. The van der Waals surface area contributed by atoms with Gasteiger partial charge in [0.1, 0.15) is 0 Å². The van der Waals surface area contributed by atoms with E-state index in [0.29, 0.717) is 0 Å². The minimum absolute atomic E-state index is 0.399. The number of hydrogen-bond acceptors (Lipinski definition) is 4. The Hall–Kier alpha value is -0.740. The second-order valence-electron chi connectivity index (χ2n) is 1.48. The molecular weight excluding hydrogens is 132 g/mol. The van der Waals surface area contributed by atoms with Crippen LogP contribution in [-0.4, -0.2) is 32.9 Å². The molecule has 10 heavy (non-hydrogen) atoms. The fourth-order valence-electron chi connectivity index (χ4n) is 0.378. The molecule has 0 N–H and O–H groups in total. The highest BCUT2D eigenvalue weighted by Crippen LogP contribution is 1.85. The largest absolute Gasteiger partial charge is 0.351 e. The smallest absolute Gasteiger partial charge is 0.195 e. The molecule has 4 nitrogen and oxygen atoms in total. The lowest BCUT2D eigenvalue weighted by atomic mass is 10.7. The Bertz CT molecular complexity index is 119. The lowest BCUT2D eigenvalue weighted by Gasteiger charge is -2.04. The Kier molecular flexibility index (Phi) is 5.91. The molecule has 0 amide bonds. The SMILES string of the molecule is CC=NN=CC(OC)OC. The molecule has 0 saturated heterocycles. The summed E-state index contributed by atoms with van der Waals surface area (Å²) in [6, 6.07) is 0. The van der Waals surface area contributed by atoms with Crippen molar-refractivity contribution in [2.45, 2.75) is 13.2 Å². The van der Waals surface area contributed by atoms with E-state index in [9.17, 15) is 0 Å². The van der Waals surface area contributed by atoms with E-state index in [-0.39, 0.29) is 0 Å². The van der Waals surface area contributed by atoms with E-state index in [1.165, 1.54) is 20.4 Å². The van der Waals surface area contributed by atoms with E-state index >= 15 is 0 Å². The second kappa shape index (κ2) is 6.38. The number of methoxy groups -OCH3 is 2. The van der Waals surface area contributed by atoms with Gasteiger partial charge >= 0.3 is 0 Å². The fraction of sp³-hybridized carbons (Fsp3) is 0.667. The summed E-state index contributed by atoms with van der Waals surface area (Å²) in [5, 5.41) is 7.22. The van der Waals surface area contributed by atoms with E-state index < -0.39 is 6.29 Å². The highest BCUT2D eigenvalue weighted by molar-refractivity contribution is 5.62. The van der Waals surface area contributed by atoms with E-state index in [4.69, 9.17) is 9.47 Å². The van der Waals surface area contributed by atoms with Crippen molar-refractivity contribution in [3.8, 4) is 0 Å². The van der Waals surface area contributed by atoms with Gasteiger partial charge in [-0.2, -0.15) is 10.2 Å². The van der Waals surface area contributed by atoms with Gasteiger partial charge in [0.15, 0.2) is 6.29 Å². The lowest BCUT2D eigenvalue weighted by Crippen LogP contribution is -2.13. The monoisotopic (exact) mass is 144 g/mol. The molecule has 0 bridgehead atoms. The maximum Gasteiger partial charge on any atom is 0.195 e. The molecule has 0 radical (unpaired) electrons. The van der Waals surface area contributed by atoms with Crippen LogP contribution in [0.4, 0.5) is 0 Å². The molecule has 0 aromatic heterocycles. The van der Waals surface area contributed by atoms with E-state index in [0.717, 1.165) is 0 Å². The third-order valence-electron chi connectivity index (χ3n) is 0.835. The standard InChI is InChI=1S/C6H12N2O2/c1-4-7-8-5-6(9-2)10-3/h4-6H,1-3H3. The van der Waals surface area contributed by atoms with Crippen LogP contribution in [0.15, 0.2) is 10.2 Å². The Labute approximate surface area is 60.6 Å². The number of ether oxygens (including phenoxy) is 2. The van der Waals surface area contributed by atoms with Crippen molar-refractivity contribution >= 4 is 12.4 Å². The minimum atomic E-state index is -0.399. The summed E-state index contributed by atoms with van der Waals surface area (Å²) in [5.41, 5.74) is 0.